The summed E-state index contributed by atoms with van der Waals surface area (Å²) in [6, 6.07) is 4.22. The smallest absolute Gasteiger partial charge is 0.253 e. The number of aryl methyl sites for hydroxylation is 1. The number of benzene rings is 1. The Bertz CT molecular complexity index is 594. The summed E-state index contributed by atoms with van der Waals surface area (Å²) in [4.78, 5) is 15.9. The molecule has 1 heterocycles. The van der Waals surface area contributed by atoms with Crippen molar-refractivity contribution in [2.45, 2.75) is 13.3 Å². The van der Waals surface area contributed by atoms with Crippen molar-refractivity contribution in [3.8, 4) is 5.75 Å². The average molecular weight is 262 g/mol. The van der Waals surface area contributed by atoms with Crippen molar-refractivity contribution in [1.29, 1.82) is 0 Å². The molecule has 0 aliphatic heterocycles. The number of carbonyl (C=O) groups is 1. The van der Waals surface area contributed by atoms with E-state index in [4.69, 9.17) is 10.3 Å². The van der Waals surface area contributed by atoms with Gasteiger partial charge in [0, 0.05) is 18.7 Å². The number of nitrogens with one attached hydrogen (secondary N) is 1. The van der Waals surface area contributed by atoms with Crippen LogP contribution in [0.25, 0.3) is 0 Å². The van der Waals surface area contributed by atoms with Crippen molar-refractivity contribution < 1.29 is 14.4 Å². The Balaban J connectivity index is 1.92. The predicted molar refractivity (Wildman–Crippen MR) is 67.6 cm³/mol. The molecule has 1 aromatic carbocycles. The summed E-state index contributed by atoms with van der Waals surface area (Å²) in [5.74, 6) is 0.650. The van der Waals surface area contributed by atoms with Gasteiger partial charge in [-0.25, -0.2) is 0 Å². The van der Waals surface area contributed by atoms with Gasteiger partial charge in [0.1, 0.15) is 5.75 Å². The lowest BCUT2D eigenvalue weighted by atomic mass is 10.1. The van der Waals surface area contributed by atoms with E-state index in [1.54, 1.807) is 6.92 Å². The van der Waals surface area contributed by atoms with Crippen LogP contribution in [0.1, 0.15) is 22.1 Å². The molecule has 100 valence electrons. The molecule has 2 rings (SSSR count). The van der Waals surface area contributed by atoms with Crippen LogP contribution >= 0.6 is 0 Å². The molecule has 0 spiro atoms. The lowest BCUT2D eigenvalue weighted by Gasteiger charge is -2.06. The molecular weight excluding hydrogens is 248 g/mol. The Morgan fingerprint density at radius 1 is 1.53 bits per heavy atom. The number of nitrogens with zero attached hydrogens (tertiary/aromatic N) is 2. The number of aromatic nitrogens is 2. The molecule has 4 N–H and O–H groups in total. The summed E-state index contributed by atoms with van der Waals surface area (Å²) < 4.78 is 4.92. The highest BCUT2D eigenvalue weighted by Crippen LogP contribution is 2.18. The minimum Gasteiger partial charge on any atom is -0.508 e. The third kappa shape index (κ3) is 3.21. The van der Waals surface area contributed by atoms with Crippen LogP contribution in [0.3, 0.4) is 0 Å². The van der Waals surface area contributed by atoms with E-state index in [2.05, 4.69) is 15.5 Å². The van der Waals surface area contributed by atoms with Crippen LogP contribution in [0, 0.1) is 6.92 Å². The quantitative estimate of drug-likeness (QED) is 0.550. The van der Waals surface area contributed by atoms with Crippen LogP contribution in [0.5, 0.6) is 5.75 Å². The molecule has 0 bridgehead atoms. The maximum atomic E-state index is 11.8. The first-order chi connectivity index (χ1) is 9.06. The maximum Gasteiger partial charge on any atom is 0.253 e. The van der Waals surface area contributed by atoms with E-state index < -0.39 is 0 Å². The number of phenols is 1. The molecule has 0 aliphatic rings. The second kappa shape index (κ2) is 5.38. The molecule has 2 aromatic rings. The minimum absolute atomic E-state index is 0.00752. The van der Waals surface area contributed by atoms with Crippen LogP contribution in [-0.2, 0) is 6.42 Å². The number of amides is 1. The highest BCUT2D eigenvalue weighted by Gasteiger charge is 2.11. The zero-order valence-corrected chi connectivity index (χ0v) is 10.4. The Morgan fingerprint density at radius 3 is 3.00 bits per heavy atom. The Kier molecular flexibility index (Phi) is 3.65. The number of carbonyl (C=O) groups excluding carboxylic acids is 1. The zero-order chi connectivity index (χ0) is 13.8. The molecule has 1 amide bonds. The zero-order valence-electron chi connectivity index (χ0n) is 10.4. The molecule has 7 nitrogen and oxygen atoms in total. The van der Waals surface area contributed by atoms with E-state index in [9.17, 15) is 9.90 Å². The van der Waals surface area contributed by atoms with Crippen LogP contribution in [0.4, 0.5) is 5.69 Å². The first-order valence-electron chi connectivity index (χ1n) is 5.72. The summed E-state index contributed by atoms with van der Waals surface area (Å²) in [5.41, 5.74) is 6.21. The lowest BCUT2D eigenvalue weighted by molar-refractivity contribution is 0.0954. The van der Waals surface area contributed by atoms with Gasteiger partial charge < -0.3 is 20.7 Å². The molecule has 0 unspecified atom stereocenters. The maximum absolute atomic E-state index is 11.8. The molecule has 0 atom stereocenters. The Labute approximate surface area is 109 Å². The van der Waals surface area contributed by atoms with Crippen LogP contribution < -0.4 is 11.1 Å². The van der Waals surface area contributed by atoms with E-state index in [0.717, 1.165) is 0 Å². The lowest BCUT2D eigenvalue weighted by Crippen LogP contribution is -2.26. The number of nitrogen functional groups attached to an aromatic ring is 1. The fraction of sp³-hybridized carbons (Fsp3) is 0.250. The number of anilines is 1. The van der Waals surface area contributed by atoms with Crippen molar-refractivity contribution in [3.63, 3.8) is 0 Å². The Morgan fingerprint density at radius 2 is 2.32 bits per heavy atom. The monoisotopic (exact) mass is 262 g/mol. The molecule has 0 saturated heterocycles. The number of aromatic hydroxyl groups is 1. The van der Waals surface area contributed by atoms with Gasteiger partial charge in [0.25, 0.3) is 5.91 Å². The molecule has 7 heteroatoms. The second-order valence-electron chi connectivity index (χ2n) is 4.01. The van der Waals surface area contributed by atoms with Gasteiger partial charge in [-0.1, -0.05) is 5.16 Å². The van der Waals surface area contributed by atoms with E-state index in [-0.39, 0.29) is 17.2 Å². The number of hydrogen-bond donors (Lipinski definition) is 3. The first kappa shape index (κ1) is 12.9. The van der Waals surface area contributed by atoms with Gasteiger partial charge in [0.15, 0.2) is 5.82 Å². The first-order valence-corrected chi connectivity index (χ1v) is 5.72. The van der Waals surface area contributed by atoms with Crippen molar-refractivity contribution in [2.75, 3.05) is 12.3 Å². The van der Waals surface area contributed by atoms with E-state index >= 15 is 0 Å². The highest BCUT2D eigenvalue weighted by atomic mass is 16.5. The third-order valence-corrected chi connectivity index (χ3v) is 2.48. The molecule has 0 radical (unpaired) electrons. The fourth-order valence-electron chi connectivity index (χ4n) is 1.56. The molecule has 0 aliphatic carbocycles. The summed E-state index contributed by atoms with van der Waals surface area (Å²) >= 11 is 0. The summed E-state index contributed by atoms with van der Waals surface area (Å²) in [5, 5.41) is 15.6. The van der Waals surface area contributed by atoms with Gasteiger partial charge in [-0.15, -0.1) is 0 Å². The van der Waals surface area contributed by atoms with E-state index in [1.807, 2.05) is 0 Å². The van der Waals surface area contributed by atoms with Gasteiger partial charge >= 0.3 is 0 Å². The van der Waals surface area contributed by atoms with Crippen molar-refractivity contribution >= 4 is 11.6 Å². The van der Waals surface area contributed by atoms with Crippen LogP contribution in [-0.4, -0.2) is 27.7 Å². The average Bonchev–Trinajstić information content (AvgIpc) is 2.78. The topological polar surface area (TPSA) is 114 Å². The number of rotatable bonds is 4. The van der Waals surface area contributed by atoms with Gasteiger partial charge in [0.2, 0.25) is 5.89 Å². The highest BCUT2D eigenvalue weighted by molar-refractivity contribution is 5.99. The largest absolute Gasteiger partial charge is 0.508 e. The SMILES string of the molecule is Cc1noc(CCNC(=O)c2cc(O)ccc2N)n1. The standard InChI is InChI=1S/C12H14N4O3/c1-7-15-11(19-16-7)4-5-14-12(18)9-6-8(17)2-3-10(9)13/h2-3,6,17H,4-5,13H2,1H3,(H,14,18). The van der Waals surface area contributed by atoms with E-state index in [0.29, 0.717) is 30.4 Å². The molecule has 0 fully saturated rings. The van der Waals surface area contributed by atoms with Crippen LogP contribution in [0.2, 0.25) is 0 Å². The normalized spacial score (nSPS) is 10.4. The van der Waals surface area contributed by atoms with Crippen molar-refractivity contribution in [2.24, 2.45) is 0 Å². The molecule has 0 saturated carbocycles. The van der Waals surface area contributed by atoms with Crippen LogP contribution in [0.15, 0.2) is 22.7 Å². The summed E-state index contributed by atoms with van der Waals surface area (Å²) in [6.45, 7) is 2.06. The molecule has 1 aromatic heterocycles. The summed E-state index contributed by atoms with van der Waals surface area (Å²) in [7, 11) is 0. The number of phenolic OH excluding ortho intramolecular Hbond substituents is 1. The van der Waals surface area contributed by atoms with Crippen molar-refractivity contribution in [1.82, 2.24) is 15.5 Å². The van der Waals surface area contributed by atoms with Crippen molar-refractivity contribution in [3.05, 3.63) is 35.5 Å². The summed E-state index contributed by atoms with van der Waals surface area (Å²) in [6.07, 6.45) is 0.436. The van der Waals surface area contributed by atoms with Gasteiger partial charge in [-0.2, -0.15) is 4.98 Å². The predicted octanol–water partition coefficient (Wildman–Crippen LogP) is 0.638. The minimum atomic E-state index is -0.357. The van der Waals surface area contributed by atoms with Gasteiger partial charge in [0.05, 0.1) is 5.56 Å². The number of nitrogens with two attached hydrogens (primary N) is 1. The number of hydrogen-bond acceptors (Lipinski definition) is 6. The molecule has 19 heavy (non-hydrogen) atoms. The van der Waals surface area contributed by atoms with E-state index in [1.165, 1.54) is 18.2 Å². The molecular formula is C12H14N4O3. The fourth-order valence-corrected chi connectivity index (χ4v) is 1.56. The van der Waals surface area contributed by atoms with Gasteiger partial charge in [-0.05, 0) is 25.1 Å². The second-order valence-corrected chi connectivity index (χ2v) is 4.01. The Hall–Kier alpha value is -2.57. The van der Waals surface area contributed by atoms with Gasteiger partial charge in [-0.3, -0.25) is 4.79 Å². The third-order valence-electron chi connectivity index (χ3n) is 2.48.